The van der Waals surface area contributed by atoms with Crippen LogP contribution in [0.15, 0.2) is 28.6 Å². The summed E-state index contributed by atoms with van der Waals surface area (Å²) in [6.07, 6.45) is 2.05. The minimum absolute atomic E-state index is 0.378. The molecule has 0 unspecified atom stereocenters. The summed E-state index contributed by atoms with van der Waals surface area (Å²) in [5.41, 5.74) is 0. The molecule has 2 heterocycles. The van der Waals surface area contributed by atoms with Gasteiger partial charge in [-0.15, -0.1) is 17.9 Å². The molecule has 2 rings (SSSR count). The zero-order valence-electron chi connectivity index (χ0n) is 8.58. The highest BCUT2D eigenvalue weighted by Gasteiger charge is 2.20. The maximum atomic E-state index is 3.95. The number of nitrogens with zero attached hydrogens (tertiary/aromatic N) is 1. The molecule has 1 aromatic heterocycles. The van der Waals surface area contributed by atoms with Crippen molar-refractivity contribution in [2.75, 3.05) is 26.2 Å². The number of rotatable bonds is 3. The molecule has 1 fully saturated rings. The van der Waals surface area contributed by atoms with Gasteiger partial charge in [-0.3, -0.25) is 4.90 Å². The third kappa shape index (κ3) is 2.69. The summed E-state index contributed by atoms with van der Waals surface area (Å²) < 4.78 is 1.19. The SMILES string of the molecule is C=C[C@H](c1ccc(Br)s1)N1CCNCC1. The molecule has 0 spiro atoms. The van der Waals surface area contributed by atoms with Gasteiger partial charge in [0.2, 0.25) is 0 Å². The van der Waals surface area contributed by atoms with Gasteiger partial charge in [0.25, 0.3) is 0 Å². The number of hydrogen-bond acceptors (Lipinski definition) is 3. The van der Waals surface area contributed by atoms with Gasteiger partial charge >= 0.3 is 0 Å². The lowest BCUT2D eigenvalue weighted by atomic mass is 10.2. The smallest absolute Gasteiger partial charge is 0.0702 e. The van der Waals surface area contributed by atoms with E-state index in [1.54, 1.807) is 11.3 Å². The number of nitrogens with one attached hydrogen (secondary N) is 1. The first-order valence-electron chi connectivity index (χ1n) is 5.14. The van der Waals surface area contributed by atoms with E-state index in [0.717, 1.165) is 26.2 Å². The second-order valence-electron chi connectivity index (χ2n) is 3.61. The second-order valence-corrected chi connectivity index (χ2v) is 6.10. The molecule has 1 atom stereocenters. The highest BCUT2D eigenvalue weighted by atomic mass is 79.9. The maximum absolute atomic E-state index is 3.95. The Hall–Kier alpha value is -0.160. The molecular weight excluding hydrogens is 272 g/mol. The largest absolute Gasteiger partial charge is 0.314 e. The number of halogens is 1. The molecule has 15 heavy (non-hydrogen) atoms. The van der Waals surface area contributed by atoms with Crippen molar-refractivity contribution < 1.29 is 0 Å². The van der Waals surface area contributed by atoms with Crippen LogP contribution in [0, 0.1) is 0 Å². The van der Waals surface area contributed by atoms with Gasteiger partial charge in [-0.25, -0.2) is 0 Å². The van der Waals surface area contributed by atoms with E-state index in [1.165, 1.54) is 8.66 Å². The Morgan fingerprint density at radius 3 is 2.73 bits per heavy atom. The fraction of sp³-hybridized carbons (Fsp3) is 0.455. The Morgan fingerprint density at radius 1 is 1.47 bits per heavy atom. The van der Waals surface area contributed by atoms with Gasteiger partial charge in [-0.2, -0.15) is 0 Å². The molecule has 1 aliphatic rings. The van der Waals surface area contributed by atoms with Crippen LogP contribution in [-0.2, 0) is 0 Å². The molecule has 2 nitrogen and oxygen atoms in total. The van der Waals surface area contributed by atoms with Gasteiger partial charge in [-0.1, -0.05) is 6.08 Å². The number of thiophene rings is 1. The van der Waals surface area contributed by atoms with E-state index in [0.29, 0.717) is 6.04 Å². The number of hydrogen-bond donors (Lipinski definition) is 1. The molecule has 0 aliphatic carbocycles. The lowest BCUT2D eigenvalue weighted by Gasteiger charge is -2.32. The average molecular weight is 287 g/mol. The summed E-state index contributed by atoms with van der Waals surface area (Å²) in [4.78, 5) is 3.85. The molecular formula is C11H15BrN2S. The first-order chi connectivity index (χ1) is 7.31. The standard InChI is InChI=1S/C11H15BrN2S/c1-2-9(10-3-4-11(12)15-10)14-7-5-13-6-8-14/h2-4,9,13H,1,5-8H2/t9-/m1/s1. The summed E-state index contributed by atoms with van der Waals surface area (Å²) in [5, 5.41) is 3.37. The molecule has 0 radical (unpaired) electrons. The fourth-order valence-electron chi connectivity index (χ4n) is 1.89. The van der Waals surface area contributed by atoms with Crippen molar-refractivity contribution in [1.29, 1.82) is 0 Å². The van der Waals surface area contributed by atoms with Crippen molar-refractivity contribution in [1.82, 2.24) is 10.2 Å². The van der Waals surface area contributed by atoms with Gasteiger partial charge in [0, 0.05) is 31.1 Å². The Balaban J connectivity index is 2.12. The summed E-state index contributed by atoms with van der Waals surface area (Å²) in [5.74, 6) is 0. The van der Waals surface area contributed by atoms with E-state index in [1.807, 2.05) is 6.08 Å². The molecule has 1 aliphatic heterocycles. The van der Waals surface area contributed by atoms with Crippen molar-refractivity contribution in [2.45, 2.75) is 6.04 Å². The second kappa shape index (κ2) is 5.25. The number of piperazine rings is 1. The predicted molar refractivity (Wildman–Crippen MR) is 69.4 cm³/mol. The Kier molecular flexibility index (Phi) is 3.97. The van der Waals surface area contributed by atoms with E-state index < -0.39 is 0 Å². The molecule has 0 saturated carbocycles. The van der Waals surface area contributed by atoms with E-state index in [2.05, 4.69) is 44.9 Å². The maximum Gasteiger partial charge on any atom is 0.0702 e. The lowest BCUT2D eigenvalue weighted by molar-refractivity contribution is 0.206. The Labute approximate surface area is 103 Å². The summed E-state index contributed by atoms with van der Waals surface area (Å²) >= 11 is 5.30. The van der Waals surface area contributed by atoms with Crippen LogP contribution < -0.4 is 5.32 Å². The molecule has 0 amide bonds. The van der Waals surface area contributed by atoms with Crippen LogP contribution in [0.4, 0.5) is 0 Å². The first-order valence-corrected chi connectivity index (χ1v) is 6.75. The Morgan fingerprint density at radius 2 is 2.20 bits per heavy atom. The highest BCUT2D eigenvalue weighted by molar-refractivity contribution is 9.11. The lowest BCUT2D eigenvalue weighted by Crippen LogP contribution is -2.44. The zero-order chi connectivity index (χ0) is 10.7. The van der Waals surface area contributed by atoms with Crippen LogP contribution in [0.1, 0.15) is 10.9 Å². The molecule has 82 valence electrons. The zero-order valence-corrected chi connectivity index (χ0v) is 11.0. The van der Waals surface area contributed by atoms with Gasteiger partial charge in [0.15, 0.2) is 0 Å². The first kappa shape index (κ1) is 11.3. The third-order valence-electron chi connectivity index (χ3n) is 2.65. The van der Waals surface area contributed by atoms with Crippen LogP contribution in [0.5, 0.6) is 0 Å². The van der Waals surface area contributed by atoms with Crippen molar-refractivity contribution in [3.05, 3.63) is 33.5 Å². The summed E-state index contributed by atoms with van der Waals surface area (Å²) in [6.45, 7) is 8.32. The minimum atomic E-state index is 0.378. The molecule has 1 N–H and O–H groups in total. The topological polar surface area (TPSA) is 15.3 Å². The molecule has 0 bridgehead atoms. The molecule has 1 saturated heterocycles. The quantitative estimate of drug-likeness (QED) is 0.860. The van der Waals surface area contributed by atoms with Gasteiger partial charge in [-0.05, 0) is 28.1 Å². The Bertz CT molecular complexity index is 331. The van der Waals surface area contributed by atoms with Crippen LogP contribution in [0.2, 0.25) is 0 Å². The molecule has 4 heteroatoms. The summed E-state index contributed by atoms with van der Waals surface area (Å²) in [7, 11) is 0. The van der Waals surface area contributed by atoms with Crippen molar-refractivity contribution in [2.24, 2.45) is 0 Å². The van der Waals surface area contributed by atoms with E-state index in [9.17, 15) is 0 Å². The average Bonchev–Trinajstić information content (AvgIpc) is 2.68. The van der Waals surface area contributed by atoms with E-state index >= 15 is 0 Å². The van der Waals surface area contributed by atoms with Crippen LogP contribution >= 0.6 is 27.3 Å². The normalized spacial score (nSPS) is 20.1. The molecule has 1 aromatic rings. The van der Waals surface area contributed by atoms with E-state index in [-0.39, 0.29) is 0 Å². The predicted octanol–water partition coefficient (Wildman–Crippen LogP) is 2.64. The minimum Gasteiger partial charge on any atom is -0.314 e. The van der Waals surface area contributed by atoms with Gasteiger partial charge < -0.3 is 5.32 Å². The summed E-state index contributed by atoms with van der Waals surface area (Å²) in [6, 6.07) is 4.67. The molecule has 0 aromatic carbocycles. The van der Waals surface area contributed by atoms with Crippen LogP contribution in [0.3, 0.4) is 0 Å². The van der Waals surface area contributed by atoms with Crippen molar-refractivity contribution in [3.8, 4) is 0 Å². The highest BCUT2D eigenvalue weighted by Crippen LogP contribution is 2.31. The van der Waals surface area contributed by atoms with Gasteiger partial charge in [0.05, 0.1) is 9.83 Å². The van der Waals surface area contributed by atoms with E-state index in [4.69, 9.17) is 0 Å². The van der Waals surface area contributed by atoms with Crippen LogP contribution in [0.25, 0.3) is 0 Å². The van der Waals surface area contributed by atoms with Gasteiger partial charge in [0.1, 0.15) is 0 Å². The van der Waals surface area contributed by atoms with Crippen molar-refractivity contribution >= 4 is 27.3 Å². The monoisotopic (exact) mass is 286 g/mol. The van der Waals surface area contributed by atoms with Crippen LogP contribution in [-0.4, -0.2) is 31.1 Å². The fourth-order valence-corrected chi connectivity index (χ4v) is 3.45. The third-order valence-corrected chi connectivity index (χ3v) is 4.35. The van der Waals surface area contributed by atoms with Crippen molar-refractivity contribution in [3.63, 3.8) is 0 Å².